The van der Waals surface area contributed by atoms with E-state index in [4.69, 9.17) is 4.74 Å². The molecule has 1 aromatic rings. The Labute approximate surface area is 125 Å². The van der Waals surface area contributed by atoms with E-state index in [1.54, 1.807) is 7.05 Å². The number of hydrogen-bond acceptors (Lipinski definition) is 3. The van der Waals surface area contributed by atoms with Crippen LogP contribution in [0.5, 0.6) is 5.75 Å². The van der Waals surface area contributed by atoms with Gasteiger partial charge in [-0.2, -0.15) is 0 Å². The minimum atomic E-state index is -0.382. The van der Waals surface area contributed by atoms with Crippen LogP contribution in [0.2, 0.25) is 0 Å². The van der Waals surface area contributed by atoms with Crippen molar-refractivity contribution in [2.45, 2.75) is 20.3 Å². The average molecular weight is 305 g/mol. The summed E-state index contributed by atoms with van der Waals surface area (Å²) in [7, 11) is 1.79. The number of carbonyl (C=O) groups excluding carboxylic acids is 1. The van der Waals surface area contributed by atoms with Crippen LogP contribution in [0.4, 0.5) is 10.1 Å². The SMILES string of the molecule is CCCOc1cc(F)ccc1NC(=O)C(C)CNC.Cl. The van der Waals surface area contributed by atoms with Crippen LogP contribution in [-0.2, 0) is 4.79 Å². The Morgan fingerprint density at radius 2 is 2.15 bits per heavy atom. The van der Waals surface area contributed by atoms with Gasteiger partial charge in [0.05, 0.1) is 12.3 Å². The summed E-state index contributed by atoms with van der Waals surface area (Å²) in [4.78, 5) is 11.9. The fraction of sp³-hybridized carbons (Fsp3) is 0.500. The molecule has 0 spiro atoms. The van der Waals surface area contributed by atoms with E-state index in [-0.39, 0.29) is 30.0 Å². The summed E-state index contributed by atoms with van der Waals surface area (Å²) in [5.74, 6) is -0.310. The molecule has 0 fully saturated rings. The Morgan fingerprint density at radius 3 is 2.75 bits per heavy atom. The van der Waals surface area contributed by atoms with Crippen molar-refractivity contribution in [1.29, 1.82) is 0 Å². The van der Waals surface area contributed by atoms with E-state index < -0.39 is 0 Å². The van der Waals surface area contributed by atoms with Gasteiger partial charge in [-0.3, -0.25) is 4.79 Å². The lowest BCUT2D eigenvalue weighted by atomic mass is 10.1. The molecule has 1 aromatic carbocycles. The summed E-state index contributed by atoms with van der Waals surface area (Å²) in [6.07, 6.45) is 0.820. The maximum Gasteiger partial charge on any atom is 0.228 e. The third-order valence-electron chi connectivity index (χ3n) is 2.62. The van der Waals surface area contributed by atoms with E-state index >= 15 is 0 Å². The third-order valence-corrected chi connectivity index (χ3v) is 2.62. The van der Waals surface area contributed by atoms with Gasteiger partial charge in [0.2, 0.25) is 5.91 Å². The van der Waals surface area contributed by atoms with Gasteiger partial charge in [0, 0.05) is 18.5 Å². The first-order chi connectivity index (χ1) is 9.08. The summed E-state index contributed by atoms with van der Waals surface area (Å²) in [6, 6.07) is 4.11. The van der Waals surface area contributed by atoms with Gasteiger partial charge in [-0.1, -0.05) is 13.8 Å². The molecule has 2 N–H and O–H groups in total. The Bertz CT molecular complexity index is 430. The number of carbonyl (C=O) groups is 1. The summed E-state index contributed by atoms with van der Waals surface area (Å²) in [5.41, 5.74) is 0.503. The highest BCUT2D eigenvalue weighted by molar-refractivity contribution is 5.93. The number of hydrogen-bond donors (Lipinski definition) is 2. The number of benzene rings is 1. The van der Waals surface area contributed by atoms with E-state index in [2.05, 4.69) is 10.6 Å². The maximum absolute atomic E-state index is 13.2. The highest BCUT2D eigenvalue weighted by atomic mass is 35.5. The average Bonchev–Trinajstić information content (AvgIpc) is 2.39. The molecule has 1 unspecified atom stereocenters. The third kappa shape index (κ3) is 5.75. The number of rotatable bonds is 7. The van der Waals surface area contributed by atoms with E-state index in [0.29, 0.717) is 24.6 Å². The van der Waals surface area contributed by atoms with Gasteiger partial charge in [-0.05, 0) is 25.6 Å². The molecule has 114 valence electrons. The van der Waals surface area contributed by atoms with Gasteiger partial charge in [0.15, 0.2) is 0 Å². The Balaban J connectivity index is 0.00000361. The first-order valence-corrected chi connectivity index (χ1v) is 6.46. The number of ether oxygens (including phenoxy) is 1. The van der Waals surface area contributed by atoms with Crippen molar-refractivity contribution in [2.75, 3.05) is 25.5 Å². The monoisotopic (exact) mass is 304 g/mol. The summed E-state index contributed by atoms with van der Waals surface area (Å²) >= 11 is 0. The van der Waals surface area contributed by atoms with E-state index in [0.717, 1.165) is 6.42 Å². The molecule has 4 nitrogen and oxygen atoms in total. The van der Waals surface area contributed by atoms with Gasteiger partial charge in [-0.25, -0.2) is 4.39 Å². The van der Waals surface area contributed by atoms with Crippen LogP contribution < -0.4 is 15.4 Å². The molecule has 0 bridgehead atoms. The predicted octanol–water partition coefficient (Wildman–Crippen LogP) is 2.83. The molecule has 1 atom stereocenters. The van der Waals surface area contributed by atoms with Crippen LogP contribution in [0, 0.1) is 11.7 Å². The van der Waals surface area contributed by atoms with Crippen LogP contribution in [0.15, 0.2) is 18.2 Å². The second-order valence-electron chi connectivity index (χ2n) is 4.44. The Hall–Kier alpha value is -1.33. The highest BCUT2D eigenvalue weighted by Gasteiger charge is 2.14. The molecule has 20 heavy (non-hydrogen) atoms. The van der Waals surface area contributed by atoms with Gasteiger partial charge in [0.25, 0.3) is 0 Å². The Morgan fingerprint density at radius 1 is 1.45 bits per heavy atom. The molecule has 0 aromatic heterocycles. The van der Waals surface area contributed by atoms with Crippen LogP contribution in [0.25, 0.3) is 0 Å². The minimum absolute atomic E-state index is 0. The normalized spacial score (nSPS) is 11.4. The van der Waals surface area contributed by atoms with E-state index in [9.17, 15) is 9.18 Å². The first-order valence-electron chi connectivity index (χ1n) is 6.46. The van der Waals surface area contributed by atoms with Crippen LogP contribution in [-0.4, -0.2) is 26.1 Å². The molecule has 0 saturated carbocycles. The fourth-order valence-corrected chi connectivity index (χ4v) is 1.59. The smallest absolute Gasteiger partial charge is 0.228 e. The number of anilines is 1. The lowest BCUT2D eigenvalue weighted by Gasteiger charge is -2.15. The topological polar surface area (TPSA) is 50.4 Å². The molecule has 0 aliphatic carbocycles. The van der Waals surface area contributed by atoms with Crippen molar-refractivity contribution >= 4 is 24.0 Å². The first kappa shape index (κ1) is 18.7. The molecule has 1 amide bonds. The molecule has 0 radical (unpaired) electrons. The largest absolute Gasteiger partial charge is 0.491 e. The van der Waals surface area contributed by atoms with Crippen molar-refractivity contribution in [3.63, 3.8) is 0 Å². The minimum Gasteiger partial charge on any atom is -0.491 e. The second-order valence-corrected chi connectivity index (χ2v) is 4.44. The number of nitrogens with one attached hydrogen (secondary N) is 2. The maximum atomic E-state index is 13.2. The molecule has 6 heteroatoms. The molecule has 0 saturated heterocycles. The van der Waals surface area contributed by atoms with Crippen molar-refractivity contribution < 1.29 is 13.9 Å². The molecule has 0 heterocycles. The van der Waals surface area contributed by atoms with Crippen LogP contribution in [0.1, 0.15) is 20.3 Å². The van der Waals surface area contributed by atoms with Crippen LogP contribution in [0.3, 0.4) is 0 Å². The molecular formula is C14H22ClFN2O2. The molecule has 0 aliphatic rings. The molecule has 0 aliphatic heterocycles. The molecule has 1 rings (SSSR count). The van der Waals surface area contributed by atoms with Crippen LogP contribution >= 0.6 is 12.4 Å². The summed E-state index contributed by atoms with van der Waals surface area (Å²) in [5, 5.41) is 5.70. The van der Waals surface area contributed by atoms with Gasteiger partial charge >= 0.3 is 0 Å². The molecular weight excluding hydrogens is 283 g/mol. The lowest BCUT2D eigenvalue weighted by molar-refractivity contribution is -0.119. The zero-order valence-corrected chi connectivity index (χ0v) is 12.8. The zero-order chi connectivity index (χ0) is 14.3. The van der Waals surface area contributed by atoms with Crippen molar-refractivity contribution in [2.24, 2.45) is 5.92 Å². The summed E-state index contributed by atoms with van der Waals surface area (Å²) < 4.78 is 18.6. The second kappa shape index (κ2) is 9.55. The Kier molecular flexibility index (Phi) is 8.92. The van der Waals surface area contributed by atoms with E-state index in [1.165, 1.54) is 18.2 Å². The standard InChI is InChI=1S/C14H21FN2O2.ClH/c1-4-7-19-13-8-11(15)5-6-12(13)17-14(18)10(2)9-16-3;/h5-6,8,10,16H,4,7,9H2,1-3H3,(H,17,18);1H. The number of amides is 1. The van der Waals surface area contributed by atoms with Gasteiger partial charge in [0.1, 0.15) is 11.6 Å². The quantitative estimate of drug-likeness (QED) is 0.814. The fourth-order valence-electron chi connectivity index (χ4n) is 1.59. The lowest BCUT2D eigenvalue weighted by Crippen LogP contribution is -2.28. The van der Waals surface area contributed by atoms with Crippen molar-refractivity contribution in [3.8, 4) is 5.75 Å². The van der Waals surface area contributed by atoms with Gasteiger partial charge in [-0.15, -0.1) is 12.4 Å². The predicted molar refractivity (Wildman–Crippen MR) is 81.2 cm³/mol. The number of halogens is 2. The van der Waals surface area contributed by atoms with Crippen molar-refractivity contribution in [1.82, 2.24) is 5.32 Å². The zero-order valence-electron chi connectivity index (χ0n) is 12.0. The summed E-state index contributed by atoms with van der Waals surface area (Å²) in [6.45, 7) is 4.85. The van der Waals surface area contributed by atoms with Crippen molar-refractivity contribution in [3.05, 3.63) is 24.0 Å². The van der Waals surface area contributed by atoms with E-state index in [1.807, 2.05) is 13.8 Å². The highest BCUT2D eigenvalue weighted by Crippen LogP contribution is 2.26. The van der Waals surface area contributed by atoms with Gasteiger partial charge < -0.3 is 15.4 Å².